The number of carboxylic acids is 1. The lowest BCUT2D eigenvalue weighted by molar-refractivity contribution is 0.0697. The van der Waals surface area contributed by atoms with E-state index in [1.165, 1.54) is 6.07 Å². The minimum Gasteiger partial charge on any atom is -0.478 e. The van der Waals surface area contributed by atoms with Gasteiger partial charge in [-0.25, -0.2) is 4.79 Å². The van der Waals surface area contributed by atoms with E-state index in [4.69, 9.17) is 11.6 Å². The maximum Gasteiger partial charge on any atom is 0.337 e. The molecular formula is C13H17ClN2O2. The molecule has 0 saturated carbocycles. The minimum absolute atomic E-state index is 0.277. The normalized spacial score (nSPS) is 21.1. The van der Waals surface area contributed by atoms with Gasteiger partial charge in [-0.3, -0.25) is 0 Å². The van der Waals surface area contributed by atoms with E-state index >= 15 is 0 Å². The molecule has 1 unspecified atom stereocenters. The maximum absolute atomic E-state index is 11.3. The lowest BCUT2D eigenvalue weighted by Gasteiger charge is -2.40. The number of benzene rings is 1. The van der Waals surface area contributed by atoms with Crippen molar-refractivity contribution in [2.24, 2.45) is 0 Å². The summed E-state index contributed by atoms with van der Waals surface area (Å²) < 4.78 is 0. The Morgan fingerprint density at radius 1 is 1.44 bits per heavy atom. The van der Waals surface area contributed by atoms with Gasteiger partial charge in [-0.05, 0) is 32.2 Å². The summed E-state index contributed by atoms with van der Waals surface area (Å²) in [6, 6.07) is 5.36. The van der Waals surface area contributed by atoms with Crippen LogP contribution in [0.2, 0.25) is 5.02 Å². The van der Waals surface area contributed by atoms with Gasteiger partial charge in [-0.2, -0.15) is 0 Å². The van der Waals surface area contributed by atoms with E-state index in [0.717, 1.165) is 25.3 Å². The molecule has 1 fully saturated rings. The summed E-state index contributed by atoms with van der Waals surface area (Å²) >= 11 is 5.87. The van der Waals surface area contributed by atoms with Crippen LogP contribution in [-0.2, 0) is 0 Å². The molecule has 4 nitrogen and oxygen atoms in total. The molecular weight excluding hydrogens is 252 g/mol. The lowest BCUT2D eigenvalue weighted by atomic mass is 10.1. The van der Waals surface area contributed by atoms with Crippen molar-refractivity contribution in [3.63, 3.8) is 0 Å². The van der Waals surface area contributed by atoms with Gasteiger partial charge in [0.15, 0.2) is 0 Å². The van der Waals surface area contributed by atoms with Crippen LogP contribution in [0.5, 0.6) is 0 Å². The Morgan fingerprint density at radius 3 is 2.78 bits per heavy atom. The second-order valence-electron chi connectivity index (χ2n) is 4.77. The molecule has 1 N–H and O–H groups in total. The first-order valence-corrected chi connectivity index (χ1v) is 6.35. The highest BCUT2D eigenvalue weighted by Crippen LogP contribution is 2.27. The summed E-state index contributed by atoms with van der Waals surface area (Å²) in [6.07, 6.45) is 0. The van der Waals surface area contributed by atoms with Gasteiger partial charge in [0.2, 0.25) is 0 Å². The van der Waals surface area contributed by atoms with Crippen molar-refractivity contribution in [2.75, 3.05) is 31.6 Å². The average Bonchev–Trinajstić information content (AvgIpc) is 2.29. The quantitative estimate of drug-likeness (QED) is 0.893. The third-order valence-corrected chi connectivity index (χ3v) is 3.56. The van der Waals surface area contributed by atoms with Crippen LogP contribution in [0.3, 0.4) is 0 Å². The molecule has 1 heterocycles. The highest BCUT2D eigenvalue weighted by atomic mass is 35.5. The predicted molar refractivity (Wildman–Crippen MR) is 72.7 cm³/mol. The Hall–Kier alpha value is -1.26. The topological polar surface area (TPSA) is 43.8 Å². The molecule has 98 valence electrons. The Labute approximate surface area is 112 Å². The lowest BCUT2D eigenvalue weighted by Crippen LogP contribution is -2.50. The molecule has 1 aromatic rings. The van der Waals surface area contributed by atoms with Crippen molar-refractivity contribution in [1.82, 2.24) is 4.90 Å². The number of rotatable bonds is 2. The second kappa shape index (κ2) is 5.16. The van der Waals surface area contributed by atoms with Crippen LogP contribution < -0.4 is 4.90 Å². The van der Waals surface area contributed by atoms with Gasteiger partial charge in [-0.15, -0.1) is 0 Å². The van der Waals surface area contributed by atoms with Crippen molar-refractivity contribution >= 4 is 23.3 Å². The molecule has 1 atom stereocenters. The second-order valence-corrected chi connectivity index (χ2v) is 5.21. The van der Waals surface area contributed by atoms with E-state index in [9.17, 15) is 9.90 Å². The third kappa shape index (κ3) is 2.60. The molecule has 0 aromatic heterocycles. The minimum atomic E-state index is -0.932. The number of hydrogen-bond acceptors (Lipinski definition) is 3. The summed E-state index contributed by atoms with van der Waals surface area (Å²) in [5.74, 6) is -0.932. The zero-order chi connectivity index (χ0) is 13.3. The van der Waals surface area contributed by atoms with Gasteiger partial charge < -0.3 is 14.9 Å². The fourth-order valence-corrected chi connectivity index (χ4v) is 2.60. The highest BCUT2D eigenvalue weighted by molar-refractivity contribution is 6.31. The Balaban J connectivity index is 2.35. The summed E-state index contributed by atoms with van der Waals surface area (Å²) in [6.45, 7) is 4.81. The van der Waals surface area contributed by atoms with Crippen molar-refractivity contribution in [3.05, 3.63) is 28.8 Å². The third-order valence-electron chi connectivity index (χ3n) is 3.33. The number of halogens is 1. The standard InChI is InChI=1S/C13H17ClN2O2/c1-9-8-15(2)5-6-16(9)12-4-3-10(14)7-11(12)13(17)18/h3-4,7,9H,5-6,8H2,1-2H3,(H,17,18). The van der Waals surface area contributed by atoms with Crippen molar-refractivity contribution in [1.29, 1.82) is 0 Å². The smallest absolute Gasteiger partial charge is 0.337 e. The first-order chi connectivity index (χ1) is 8.49. The molecule has 0 amide bonds. The number of carboxylic acid groups (broad SMARTS) is 1. The molecule has 5 heteroatoms. The monoisotopic (exact) mass is 268 g/mol. The van der Waals surface area contributed by atoms with E-state index in [0.29, 0.717) is 11.1 Å². The molecule has 18 heavy (non-hydrogen) atoms. The highest BCUT2D eigenvalue weighted by Gasteiger charge is 2.25. The van der Waals surface area contributed by atoms with Gasteiger partial charge in [0.1, 0.15) is 0 Å². The van der Waals surface area contributed by atoms with Crippen LogP contribution in [0, 0.1) is 0 Å². The Morgan fingerprint density at radius 2 is 2.17 bits per heavy atom. The summed E-state index contributed by atoms with van der Waals surface area (Å²) in [5.41, 5.74) is 1.03. The van der Waals surface area contributed by atoms with E-state index in [2.05, 4.69) is 23.8 Å². The van der Waals surface area contributed by atoms with Crippen molar-refractivity contribution in [2.45, 2.75) is 13.0 Å². The molecule has 1 aliphatic heterocycles. The van der Waals surface area contributed by atoms with E-state index < -0.39 is 5.97 Å². The van der Waals surface area contributed by atoms with Crippen LogP contribution in [0.4, 0.5) is 5.69 Å². The van der Waals surface area contributed by atoms with Gasteiger partial charge in [0, 0.05) is 30.7 Å². The van der Waals surface area contributed by atoms with Gasteiger partial charge in [0.05, 0.1) is 11.3 Å². The molecule has 0 aliphatic carbocycles. The van der Waals surface area contributed by atoms with Crippen molar-refractivity contribution < 1.29 is 9.90 Å². The van der Waals surface area contributed by atoms with E-state index in [1.54, 1.807) is 12.1 Å². The Bertz CT molecular complexity index is 464. The Kier molecular flexibility index (Phi) is 3.78. The molecule has 2 rings (SSSR count). The first-order valence-electron chi connectivity index (χ1n) is 5.97. The van der Waals surface area contributed by atoms with Crippen LogP contribution in [0.15, 0.2) is 18.2 Å². The number of piperazine rings is 1. The van der Waals surface area contributed by atoms with E-state index in [-0.39, 0.29) is 5.56 Å². The van der Waals surface area contributed by atoms with Gasteiger partial charge in [-0.1, -0.05) is 11.6 Å². The number of anilines is 1. The van der Waals surface area contributed by atoms with Gasteiger partial charge >= 0.3 is 5.97 Å². The molecule has 0 bridgehead atoms. The average molecular weight is 269 g/mol. The summed E-state index contributed by atoms with van der Waals surface area (Å²) in [7, 11) is 2.08. The van der Waals surface area contributed by atoms with Crippen LogP contribution in [0.1, 0.15) is 17.3 Å². The zero-order valence-electron chi connectivity index (χ0n) is 10.6. The number of nitrogens with zero attached hydrogens (tertiary/aromatic N) is 2. The number of aromatic carboxylic acids is 1. The predicted octanol–water partition coefficient (Wildman–Crippen LogP) is 2.18. The SMILES string of the molecule is CC1CN(C)CCN1c1ccc(Cl)cc1C(=O)O. The fourth-order valence-electron chi connectivity index (χ4n) is 2.43. The van der Waals surface area contributed by atoms with Crippen molar-refractivity contribution in [3.8, 4) is 0 Å². The first kappa shape index (κ1) is 13.2. The summed E-state index contributed by atoms with van der Waals surface area (Å²) in [4.78, 5) is 15.7. The maximum atomic E-state index is 11.3. The molecule has 1 aromatic carbocycles. The zero-order valence-corrected chi connectivity index (χ0v) is 11.3. The molecule has 0 spiro atoms. The largest absolute Gasteiger partial charge is 0.478 e. The molecule has 1 aliphatic rings. The van der Waals surface area contributed by atoms with Crippen LogP contribution in [-0.4, -0.2) is 48.7 Å². The fraction of sp³-hybridized carbons (Fsp3) is 0.462. The number of likely N-dealkylation sites (N-methyl/N-ethyl adjacent to an activating group) is 1. The summed E-state index contributed by atoms with van der Waals surface area (Å²) in [5, 5.41) is 9.72. The number of carbonyl (C=O) groups is 1. The molecule has 0 radical (unpaired) electrons. The molecule has 1 saturated heterocycles. The van der Waals surface area contributed by atoms with Crippen LogP contribution in [0.25, 0.3) is 0 Å². The van der Waals surface area contributed by atoms with Gasteiger partial charge in [0.25, 0.3) is 0 Å². The van der Waals surface area contributed by atoms with Crippen LogP contribution >= 0.6 is 11.6 Å². The van der Waals surface area contributed by atoms with E-state index in [1.807, 2.05) is 0 Å². The number of hydrogen-bond donors (Lipinski definition) is 1.